The van der Waals surface area contributed by atoms with Gasteiger partial charge in [0.15, 0.2) is 0 Å². The van der Waals surface area contributed by atoms with Gasteiger partial charge in [0.1, 0.15) is 11.5 Å². The Balaban J connectivity index is 0.00000338. The van der Waals surface area contributed by atoms with Gasteiger partial charge in [-0.1, -0.05) is 43.1 Å². The molecule has 2 aromatic carbocycles. The topological polar surface area (TPSA) is 35.5 Å². The zero-order valence-electron chi connectivity index (χ0n) is 16.0. The molecule has 0 unspecified atom stereocenters. The van der Waals surface area contributed by atoms with E-state index in [9.17, 15) is 4.79 Å². The summed E-state index contributed by atoms with van der Waals surface area (Å²) in [5.74, 6) is 1.94. The van der Waals surface area contributed by atoms with Crippen molar-refractivity contribution in [2.45, 2.75) is 27.2 Å². The first-order valence-electron chi connectivity index (χ1n) is 8.24. The van der Waals surface area contributed by atoms with Crippen LogP contribution in [0.25, 0.3) is 0 Å². The molecular weight excluding hydrogens is 362 g/mol. The Bertz CT molecular complexity index is 750. The van der Waals surface area contributed by atoms with Gasteiger partial charge in [-0.05, 0) is 43.5 Å². The molecule has 6 heteroatoms. The number of carbonyl (C=O) groups excluding carboxylic acids is 1. The Labute approximate surface area is 174 Å². The van der Waals surface area contributed by atoms with Crippen LogP contribution in [0.1, 0.15) is 36.2 Å². The van der Waals surface area contributed by atoms with Crippen molar-refractivity contribution >= 4 is 31.0 Å². The minimum atomic E-state index is -0.0842. The zero-order valence-corrected chi connectivity index (χ0v) is 17.7. The smallest absolute Gasteiger partial charge is 0.496 e. The SMILES string of the molecule is COc1cccc(Cl)c1C(=O)[P-]c1ccc(OCCC(C)C)cc1C.[Li+]. The molecule has 3 nitrogen and oxygen atoms in total. The maximum atomic E-state index is 12.7. The molecule has 0 aliphatic carbocycles. The van der Waals surface area contributed by atoms with E-state index in [0.29, 0.717) is 37.4 Å². The minimum absolute atomic E-state index is 0. The average Bonchev–Trinajstić information content (AvgIpc) is 2.56. The minimum Gasteiger partial charge on any atom is -0.496 e. The summed E-state index contributed by atoms with van der Waals surface area (Å²) in [5, 5.41) is 1.34. The quantitative estimate of drug-likeness (QED) is 0.518. The second-order valence-electron chi connectivity index (χ2n) is 6.21. The van der Waals surface area contributed by atoms with Crippen LogP contribution in [0, 0.1) is 12.8 Å². The normalized spacial score (nSPS) is 10.8. The van der Waals surface area contributed by atoms with Crippen molar-refractivity contribution in [2.24, 2.45) is 5.92 Å². The predicted octanol–water partition coefficient (Wildman–Crippen LogP) is 2.50. The summed E-state index contributed by atoms with van der Waals surface area (Å²) in [4.78, 5) is 12.7. The average molecular weight is 385 g/mol. The van der Waals surface area contributed by atoms with Crippen molar-refractivity contribution in [1.29, 1.82) is 0 Å². The summed E-state index contributed by atoms with van der Waals surface area (Å²) in [6.07, 6.45) is 1.02. The summed E-state index contributed by atoms with van der Waals surface area (Å²) in [6, 6.07) is 11.0. The summed E-state index contributed by atoms with van der Waals surface area (Å²) in [5.41, 5.74) is 1.35. The Kier molecular flexibility index (Phi) is 9.76. The van der Waals surface area contributed by atoms with Crippen LogP contribution < -0.4 is 33.6 Å². The molecule has 2 rings (SSSR count). The molecule has 0 bridgehead atoms. The zero-order chi connectivity index (χ0) is 18.4. The largest absolute Gasteiger partial charge is 1.00 e. The van der Waals surface area contributed by atoms with Crippen LogP contribution in [0.5, 0.6) is 11.5 Å². The molecule has 0 amide bonds. The molecule has 0 fully saturated rings. The van der Waals surface area contributed by atoms with Crippen LogP contribution in [-0.4, -0.2) is 19.2 Å². The number of benzene rings is 2. The van der Waals surface area contributed by atoms with Gasteiger partial charge in [-0.3, -0.25) is 0 Å². The van der Waals surface area contributed by atoms with Crippen LogP contribution in [-0.2, 0) is 0 Å². The van der Waals surface area contributed by atoms with Crippen molar-refractivity contribution in [1.82, 2.24) is 0 Å². The van der Waals surface area contributed by atoms with Crippen LogP contribution in [0.4, 0.5) is 0 Å². The van der Waals surface area contributed by atoms with E-state index in [0.717, 1.165) is 23.0 Å². The van der Waals surface area contributed by atoms with Crippen molar-refractivity contribution in [3.05, 3.63) is 52.5 Å². The van der Waals surface area contributed by atoms with E-state index in [1.807, 2.05) is 25.1 Å². The monoisotopic (exact) mass is 384 g/mol. The molecule has 0 radical (unpaired) electrons. The van der Waals surface area contributed by atoms with Gasteiger partial charge in [-0.2, -0.15) is 5.30 Å². The maximum Gasteiger partial charge on any atom is 1.00 e. The third-order valence-electron chi connectivity index (χ3n) is 3.76. The fourth-order valence-electron chi connectivity index (χ4n) is 2.30. The molecule has 0 saturated carbocycles. The molecule has 0 aromatic heterocycles. The van der Waals surface area contributed by atoms with Crippen molar-refractivity contribution in [3.8, 4) is 11.5 Å². The first kappa shape index (κ1) is 23.1. The summed E-state index contributed by atoms with van der Waals surface area (Å²) in [6.45, 7) is 7.02. The summed E-state index contributed by atoms with van der Waals surface area (Å²) in [7, 11) is 2.10. The second-order valence-corrected chi connectivity index (χ2v) is 7.73. The van der Waals surface area contributed by atoms with Gasteiger partial charge in [-0.25, -0.2) is 0 Å². The van der Waals surface area contributed by atoms with Gasteiger partial charge >= 0.3 is 18.9 Å². The van der Waals surface area contributed by atoms with Crippen LogP contribution in [0.3, 0.4) is 0 Å². The standard InChI is InChI=1S/C20H23ClO3P.Li/c1-13(2)10-11-24-15-8-9-18(14(3)12-15)25-20(22)19-16(21)6-5-7-17(19)23-4;/h5-9,12-13H,10-11H2,1-4H3;/q-1;+1. The van der Waals surface area contributed by atoms with E-state index in [2.05, 4.69) is 13.8 Å². The van der Waals surface area contributed by atoms with E-state index in [4.69, 9.17) is 21.1 Å². The van der Waals surface area contributed by atoms with E-state index in [1.54, 1.807) is 18.2 Å². The number of methoxy groups -OCH3 is 1. The number of carbonyl (C=O) groups is 1. The number of rotatable bonds is 8. The number of hydrogen-bond acceptors (Lipinski definition) is 3. The molecule has 0 saturated heterocycles. The Morgan fingerprint density at radius 3 is 2.58 bits per heavy atom. The fourth-order valence-corrected chi connectivity index (χ4v) is 3.57. The van der Waals surface area contributed by atoms with Gasteiger partial charge in [0.05, 0.1) is 18.7 Å². The van der Waals surface area contributed by atoms with Crippen molar-refractivity contribution in [3.63, 3.8) is 0 Å². The Morgan fingerprint density at radius 1 is 1.23 bits per heavy atom. The molecule has 0 N–H and O–H groups in total. The molecule has 0 atom stereocenters. The van der Waals surface area contributed by atoms with Gasteiger partial charge in [-0.15, -0.1) is 0 Å². The number of ether oxygens (including phenoxy) is 2. The number of halogens is 1. The van der Waals surface area contributed by atoms with E-state index in [-0.39, 0.29) is 24.4 Å². The van der Waals surface area contributed by atoms with Crippen molar-refractivity contribution < 1.29 is 33.1 Å². The molecule has 0 heterocycles. The third kappa shape index (κ3) is 6.33. The summed E-state index contributed by atoms with van der Waals surface area (Å²) >= 11 is 6.19. The Hall–Kier alpha value is -0.973. The van der Waals surface area contributed by atoms with Crippen LogP contribution in [0.15, 0.2) is 36.4 Å². The van der Waals surface area contributed by atoms with Gasteiger partial charge in [0.2, 0.25) is 0 Å². The van der Waals surface area contributed by atoms with E-state index in [1.165, 1.54) is 7.11 Å². The van der Waals surface area contributed by atoms with E-state index >= 15 is 0 Å². The molecule has 0 aliphatic rings. The van der Waals surface area contributed by atoms with Crippen molar-refractivity contribution in [2.75, 3.05) is 13.7 Å². The number of hydrogen-bond donors (Lipinski definition) is 0. The fraction of sp³-hybridized carbons (Fsp3) is 0.350. The van der Waals surface area contributed by atoms with Gasteiger partial charge in [0.25, 0.3) is 0 Å². The summed E-state index contributed by atoms with van der Waals surface area (Å²) < 4.78 is 11.0. The van der Waals surface area contributed by atoms with Gasteiger partial charge < -0.3 is 22.8 Å². The molecule has 2 aromatic rings. The maximum absolute atomic E-state index is 12.7. The molecule has 0 spiro atoms. The first-order valence-corrected chi connectivity index (χ1v) is 9.51. The predicted molar refractivity (Wildman–Crippen MR) is 105 cm³/mol. The third-order valence-corrected chi connectivity index (χ3v) is 5.25. The second kappa shape index (κ2) is 11.0. The van der Waals surface area contributed by atoms with Crippen LogP contribution in [0.2, 0.25) is 5.02 Å². The molecule has 0 aliphatic heterocycles. The van der Waals surface area contributed by atoms with Crippen LogP contribution >= 0.6 is 20.2 Å². The van der Waals surface area contributed by atoms with E-state index < -0.39 is 0 Å². The number of aryl methyl sites for hydroxylation is 1. The first-order chi connectivity index (χ1) is 11.9. The van der Waals surface area contributed by atoms with Gasteiger partial charge in [0, 0.05) is 11.1 Å². The molecular formula is C20H23ClLiO3P. The molecule has 134 valence electrons. The molecule has 26 heavy (non-hydrogen) atoms. The Morgan fingerprint density at radius 2 is 1.96 bits per heavy atom.